The summed E-state index contributed by atoms with van der Waals surface area (Å²) in [6, 6.07) is 7.74. The van der Waals surface area contributed by atoms with E-state index in [1.165, 1.54) is 0 Å². The smallest absolute Gasteiger partial charge is 0.310 e. The SMILES string of the molecule is COc1ccc(CCCC(=O)NCC(C)(C)C(=O)O)cc1. The number of methoxy groups -OCH3 is 1. The molecule has 5 nitrogen and oxygen atoms in total. The maximum absolute atomic E-state index is 11.7. The zero-order valence-electron chi connectivity index (χ0n) is 12.8. The molecule has 0 heterocycles. The van der Waals surface area contributed by atoms with E-state index in [9.17, 15) is 9.59 Å². The third kappa shape index (κ3) is 5.85. The minimum absolute atomic E-state index is 0.113. The molecule has 0 unspecified atom stereocenters. The number of ether oxygens (including phenoxy) is 1. The highest BCUT2D eigenvalue weighted by Gasteiger charge is 2.27. The number of hydrogen-bond acceptors (Lipinski definition) is 3. The molecule has 1 aromatic carbocycles. The molecule has 1 rings (SSSR count). The second kappa shape index (κ2) is 7.67. The summed E-state index contributed by atoms with van der Waals surface area (Å²) in [5.74, 6) is -0.216. The summed E-state index contributed by atoms with van der Waals surface area (Å²) in [5, 5.41) is 11.6. The van der Waals surface area contributed by atoms with Gasteiger partial charge >= 0.3 is 5.97 Å². The first-order chi connectivity index (χ1) is 9.85. The van der Waals surface area contributed by atoms with Gasteiger partial charge in [-0.3, -0.25) is 9.59 Å². The van der Waals surface area contributed by atoms with Crippen LogP contribution >= 0.6 is 0 Å². The Balaban J connectivity index is 2.28. The predicted octanol–water partition coefficient (Wildman–Crippen LogP) is 2.24. The van der Waals surface area contributed by atoms with Gasteiger partial charge in [0.1, 0.15) is 5.75 Å². The van der Waals surface area contributed by atoms with Crippen molar-refractivity contribution in [2.24, 2.45) is 5.41 Å². The van der Waals surface area contributed by atoms with Crippen LogP contribution < -0.4 is 10.1 Å². The van der Waals surface area contributed by atoms with Gasteiger partial charge < -0.3 is 15.2 Å². The summed E-state index contributed by atoms with van der Waals surface area (Å²) in [6.45, 7) is 3.32. The minimum atomic E-state index is -0.939. The second-order valence-electron chi connectivity index (χ2n) is 5.67. The lowest BCUT2D eigenvalue weighted by Crippen LogP contribution is -2.38. The monoisotopic (exact) mass is 293 g/mol. The van der Waals surface area contributed by atoms with Crippen LogP contribution in [0.25, 0.3) is 0 Å². The molecule has 0 aliphatic heterocycles. The number of benzene rings is 1. The molecule has 0 bridgehead atoms. The van der Waals surface area contributed by atoms with Gasteiger partial charge in [0.05, 0.1) is 12.5 Å². The van der Waals surface area contributed by atoms with Gasteiger partial charge in [-0.05, 0) is 44.4 Å². The molecular formula is C16H23NO4. The largest absolute Gasteiger partial charge is 0.497 e. The normalized spacial score (nSPS) is 11.0. The van der Waals surface area contributed by atoms with E-state index in [2.05, 4.69) is 5.32 Å². The van der Waals surface area contributed by atoms with Gasteiger partial charge in [0, 0.05) is 13.0 Å². The lowest BCUT2D eigenvalue weighted by Gasteiger charge is -2.19. The molecule has 0 aromatic heterocycles. The van der Waals surface area contributed by atoms with Crippen LogP contribution in [0.1, 0.15) is 32.3 Å². The van der Waals surface area contributed by atoms with Gasteiger partial charge in [-0.15, -0.1) is 0 Å². The van der Waals surface area contributed by atoms with Crippen molar-refractivity contribution in [2.75, 3.05) is 13.7 Å². The predicted molar refractivity (Wildman–Crippen MR) is 80.4 cm³/mol. The maximum atomic E-state index is 11.7. The number of carboxylic acid groups (broad SMARTS) is 1. The maximum Gasteiger partial charge on any atom is 0.310 e. The molecule has 0 atom stereocenters. The fourth-order valence-electron chi connectivity index (χ4n) is 1.73. The molecule has 0 spiro atoms. The Kier molecular flexibility index (Phi) is 6.21. The minimum Gasteiger partial charge on any atom is -0.497 e. The van der Waals surface area contributed by atoms with Crippen LogP contribution in [0.4, 0.5) is 0 Å². The first-order valence-corrected chi connectivity index (χ1v) is 6.98. The van der Waals surface area contributed by atoms with Crippen molar-refractivity contribution in [2.45, 2.75) is 33.1 Å². The Bertz CT molecular complexity index is 480. The highest BCUT2D eigenvalue weighted by Crippen LogP contribution is 2.14. The number of nitrogens with one attached hydrogen (secondary N) is 1. The van der Waals surface area contributed by atoms with Crippen molar-refractivity contribution in [1.29, 1.82) is 0 Å². The summed E-state index contributed by atoms with van der Waals surface area (Å²) in [5.41, 5.74) is 0.209. The van der Waals surface area contributed by atoms with Crippen molar-refractivity contribution in [3.8, 4) is 5.75 Å². The number of amides is 1. The van der Waals surface area contributed by atoms with Crippen LogP contribution in [0.3, 0.4) is 0 Å². The lowest BCUT2D eigenvalue weighted by atomic mass is 9.94. The molecule has 0 saturated heterocycles. The molecular weight excluding hydrogens is 270 g/mol. The molecule has 0 aliphatic carbocycles. The Morgan fingerprint density at radius 3 is 2.38 bits per heavy atom. The lowest BCUT2D eigenvalue weighted by molar-refractivity contribution is -0.146. The van der Waals surface area contributed by atoms with E-state index in [4.69, 9.17) is 9.84 Å². The number of hydrogen-bond donors (Lipinski definition) is 2. The van der Waals surface area contributed by atoms with Crippen LogP contribution in [0.15, 0.2) is 24.3 Å². The van der Waals surface area contributed by atoms with E-state index >= 15 is 0 Å². The standard InChI is InChI=1S/C16H23NO4/c1-16(2,15(19)20)11-17-14(18)6-4-5-12-7-9-13(21-3)10-8-12/h7-10H,4-6,11H2,1-3H3,(H,17,18)(H,19,20). The van der Waals surface area contributed by atoms with E-state index in [-0.39, 0.29) is 12.5 Å². The average molecular weight is 293 g/mol. The fourth-order valence-corrected chi connectivity index (χ4v) is 1.73. The van der Waals surface area contributed by atoms with Crippen molar-refractivity contribution in [1.82, 2.24) is 5.32 Å². The number of rotatable bonds is 8. The van der Waals surface area contributed by atoms with E-state index in [0.29, 0.717) is 6.42 Å². The summed E-state index contributed by atoms with van der Waals surface area (Å²) >= 11 is 0. The van der Waals surface area contributed by atoms with Crippen molar-refractivity contribution in [3.63, 3.8) is 0 Å². The number of carbonyl (C=O) groups excluding carboxylic acids is 1. The van der Waals surface area contributed by atoms with E-state index in [0.717, 1.165) is 24.2 Å². The van der Waals surface area contributed by atoms with E-state index < -0.39 is 11.4 Å². The van der Waals surface area contributed by atoms with Crippen LogP contribution in [0, 0.1) is 5.41 Å². The molecule has 0 radical (unpaired) electrons. The van der Waals surface area contributed by atoms with E-state index in [1.54, 1.807) is 21.0 Å². The highest BCUT2D eigenvalue weighted by molar-refractivity contribution is 5.78. The molecule has 2 N–H and O–H groups in total. The summed E-state index contributed by atoms with van der Waals surface area (Å²) < 4.78 is 5.08. The topological polar surface area (TPSA) is 75.6 Å². The van der Waals surface area contributed by atoms with E-state index in [1.807, 2.05) is 24.3 Å². The third-order valence-electron chi connectivity index (χ3n) is 3.33. The van der Waals surface area contributed by atoms with Gasteiger partial charge in [-0.25, -0.2) is 0 Å². The Hall–Kier alpha value is -2.04. The van der Waals surface area contributed by atoms with Crippen LogP contribution in [-0.2, 0) is 16.0 Å². The molecule has 1 amide bonds. The van der Waals surface area contributed by atoms with Crippen LogP contribution in [-0.4, -0.2) is 30.6 Å². The summed E-state index contributed by atoms with van der Waals surface area (Å²) in [6.07, 6.45) is 1.92. The quantitative estimate of drug-likeness (QED) is 0.771. The van der Waals surface area contributed by atoms with Gasteiger partial charge in [0.2, 0.25) is 5.91 Å². The molecule has 116 valence electrons. The van der Waals surface area contributed by atoms with Gasteiger partial charge in [0.15, 0.2) is 0 Å². The molecule has 0 fully saturated rings. The molecule has 21 heavy (non-hydrogen) atoms. The zero-order chi connectivity index (χ0) is 15.9. The number of carbonyl (C=O) groups is 2. The van der Waals surface area contributed by atoms with Gasteiger partial charge in [0.25, 0.3) is 0 Å². The first-order valence-electron chi connectivity index (χ1n) is 6.98. The number of aryl methyl sites for hydroxylation is 1. The van der Waals surface area contributed by atoms with Crippen LogP contribution in [0.2, 0.25) is 0 Å². The Morgan fingerprint density at radius 2 is 1.86 bits per heavy atom. The van der Waals surface area contributed by atoms with Crippen molar-refractivity contribution in [3.05, 3.63) is 29.8 Å². The zero-order valence-corrected chi connectivity index (χ0v) is 12.8. The molecule has 0 aliphatic rings. The Labute approximate surface area is 125 Å². The summed E-state index contributed by atoms with van der Waals surface area (Å²) in [4.78, 5) is 22.6. The third-order valence-corrected chi connectivity index (χ3v) is 3.33. The first kappa shape index (κ1) is 17.0. The average Bonchev–Trinajstić information content (AvgIpc) is 2.46. The number of aliphatic carboxylic acids is 1. The molecule has 1 aromatic rings. The van der Waals surface area contributed by atoms with Crippen LogP contribution in [0.5, 0.6) is 5.75 Å². The van der Waals surface area contributed by atoms with Crippen molar-refractivity contribution < 1.29 is 19.4 Å². The summed E-state index contributed by atoms with van der Waals surface area (Å²) in [7, 11) is 1.62. The molecule has 0 saturated carbocycles. The van der Waals surface area contributed by atoms with Gasteiger partial charge in [-0.2, -0.15) is 0 Å². The van der Waals surface area contributed by atoms with Gasteiger partial charge in [-0.1, -0.05) is 12.1 Å². The molecule has 5 heteroatoms. The number of carboxylic acids is 1. The second-order valence-corrected chi connectivity index (χ2v) is 5.67. The van der Waals surface area contributed by atoms with Crippen molar-refractivity contribution >= 4 is 11.9 Å². The Morgan fingerprint density at radius 1 is 1.24 bits per heavy atom. The fraction of sp³-hybridized carbons (Fsp3) is 0.500. The highest BCUT2D eigenvalue weighted by atomic mass is 16.5.